The van der Waals surface area contributed by atoms with Crippen molar-refractivity contribution in [1.29, 1.82) is 0 Å². The van der Waals surface area contributed by atoms with Gasteiger partial charge in [0.25, 0.3) is 0 Å². The first-order chi connectivity index (χ1) is 6.22. The molecule has 0 atom stereocenters. The molecule has 1 heterocycles. The van der Waals surface area contributed by atoms with Crippen LogP contribution < -0.4 is 11.5 Å². The van der Waals surface area contributed by atoms with Gasteiger partial charge in [0, 0.05) is 12.2 Å². The quantitative estimate of drug-likeness (QED) is 0.679. The molecule has 0 unspecified atom stereocenters. The van der Waals surface area contributed by atoms with E-state index in [1.54, 1.807) is 0 Å². The molecule has 1 rings (SSSR count). The van der Waals surface area contributed by atoms with Gasteiger partial charge in [-0.25, -0.2) is 0 Å². The van der Waals surface area contributed by atoms with Crippen LogP contribution in [-0.2, 0) is 6.42 Å². The smallest absolute Gasteiger partial charge is 0.225 e. The molecule has 0 aliphatic rings. The largest absolute Gasteiger partial charge is 0.368 e. The van der Waals surface area contributed by atoms with Crippen LogP contribution in [0.1, 0.15) is 12.7 Å². The van der Waals surface area contributed by atoms with Gasteiger partial charge in [0.2, 0.25) is 11.9 Å². The molecular formula is C7H13N5S. The van der Waals surface area contributed by atoms with Crippen LogP contribution >= 0.6 is 11.8 Å². The first-order valence-corrected chi connectivity index (χ1v) is 5.21. The van der Waals surface area contributed by atoms with E-state index in [9.17, 15) is 0 Å². The van der Waals surface area contributed by atoms with E-state index in [4.69, 9.17) is 11.5 Å². The highest BCUT2D eigenvalue weighted by molar-refractivity contribution is 7.99. The zero-order valence-electron chi connectivity index (χ0n) is 7.53. The zero-order chi connectivity index (χ0) is 9.68. The first-order valence-electron chi connectivity index (χ1n) is 4.06. The highest BCUT2D eigenvalue weighted by atomic mass is 32.2. The second-order valence-corrected chi connectivity index (χ2v) is 3.81. The van der Waals surface area contributed by atoms with Crippen LogP contribution in [0.2, 0.25) is 0 Å². The zero-order valence-corrected chi connectivity index (χ0v) is 8.34. The number of rotatable bonds is 4. The molecule has 6 heteroatoms. The van der Waals surface area contributed by atoms with Crippen molar-refractivity contribution in [3.8, 4) is 0 Å². The fourth-order valence-electron chi connectivity index (χ4n) is 0.876. The molecule has 0 spiro atoms. The molecule has 0 aliphatic carbocycles. The molecule has 0 saturated heterocycles. The Bertz CT molecular complexity index is 257. The number of thioether (sulfide) groups is 1. The van der Waals surface area contributed by atoms with E-state index in [-0.39, 0.29) is 11.9 Å². The minimum Gasteiger partial charge on any atom is -0.368 e. The summed E-state index contributed by atoms with van der Waals surface area (Å²) < 4.78 is 0. The third kappa shape index (κ3) is 3.45. The summed E-state index contributed by atoms with van der Waals surface area (Å²) in [5.41, 5.74) is 10.8. The Morgan fingerprint density at radius 1 is 1.15 bits per heavy atom. The van der Waals surface area contributed by atoms with Gasteiger partial charge in [-0.3, -0.25) is 0 Å². The number of aromatic nitrogens is 3. The third-order valence-electron chi connectivity index (χ3n) is 1.39. The predicted molar refractivity (Wildman–Crippen MR) is 55.4 cm³/mol. The van der Waals surface area contributed by atoms with Crippen LogP contribution in [0.25, 0.3) is 0 Å². The van der Waals surface area contributed by atoms with Gasteiger partial charge >= 0.3 is 0 Å². The van der Waals surface area contributed by atoms with Crippen LogP contribution in [-0.4, -0.2) is 26.5 Å². The van der Waals surface area contributed by atoms with E-state index in [1.165, 1.54) is 0 Å². The average molecular weight is 199 g/mol. The summed E-state index contributed by atoms with van der Waals surface area (Å²) in [6.45, 7) is 2.11. The summed E-state index contributed by atoms with van der Waals surface area (Å²) in [5.74, 6) is 3.15. The lowest BCUT2D eigenvalue weighted by Gasteiger charge is -2.00. The number of aryl methyl sites for hydroxylation is 1. The van der Waals surface area contributed by atoms with Crippen LogP contribution in [0, 0.1) is 0 Å². The molecule has 0 aromatic carbocycles. The van der Waals surface area contributed by atoms with E-state index in [0.29, 0.717) is 5.82 Å². The minimum atomic E-state index is 0.198. The van der Waals surface area contributed by atoms with E-state index in [0.717, 1.165) is 17.9 Å². The maximum absolute atomic E-state index is 5.41. The Hall–Kier alpha value is -1.04. The molecule has 0 bridgehead atoms. The van der Waals surface area contributed by atoms with Crippen molar-refractivity contribution >= 4 is 23.7 Å². The van der Waals surface area contributed by atoms with Crippen LogP contribution in [0.3, 0.4) is 0 Å². The van der Waals surface area contributed by atoms with E-state index >= 15 is 0 Å². The first kappa shape index (κ1) is 10.0. The van der Waals surface area contributed by atoms with Gasteiger partial charge in [0.05, 0.1) is 0 Å². The standard InChI is InChI=1S/C7H13N5S/c1-2-13-4-3-5-10-6(8)12-7(9)11-5/h2-4H2,1H3,(H4,8,9,10,11,12). The normalized spacial score (nSPS) is 10.2. The van der Waals surface area contributed by atoms with Gasteiger partial charge in [0.1, 0.15) is 5.82 Å². The molecule has 1 aromatic heterocycles. The molecule has 72 valence electrons. The maximum atomic E-state index is 5.41. The maximum Gasteiger partial charge on any atom is 0.225 e. The lowest BCUT2D eigenvalue weighted by molar-refractivity contribution is 0.922. The Morgan fingerprint density at radius 3 is 2.31 bits per heavy atom. The van der Waals surface area contributed by atoms with Crippen molar-refractivity contribution in [3.05, 3.63) is 5.82 Å². The summed E-state index contributed by atoms with van der Waals surface area (Å²) in [7, 11) is 0. The predicted octanol–water partition coefficient (Wildman–Crippen LogP) is 0.332. The Morgan fingerprint density at radius 2 is 1.77 bits per heavy atom. The number of hydrogen-bond acceptors (Lipinski definition) is 6. The number of nitrogens with zero attached hydrogens (tertiary/aromatic N) is 3. The molecule has 0 fully saturated rings. The highest BCUT2D eigenvalue weighted by Crippen LogP contribution is 2.04. The van der Waals surface area contributed by atoms with E-state index in [1.807, 2.05) is 11.8 Å². The lowest BCUT2D eigenvalue weighted by Crippen LogP contribution is -2.07. The van der Waals surface area contributed by atoms with Crippen molar-refractivity contribution < 1.29 is 0 Å². The van der Waals surface area contributed by atoms with Gasteiger partial charge in [-0.05, 0) is 5.75 Å². The number of nitrogens with two attached hydrogens (primary N) is 2. The molecule has 0 amide bonds. The second kappa shape index (κ2) is 4.86. The second-order valence-electron chi connectivity index (χ2n) is 2.41. The lowest BCUT2D eigenvalue weighted by atomic mass is 10.4. The Balaban J connectivity index is 2.56. The molecule has 1 aromatic rings. The summed E-state index contributed by atoms with van der Waals surface area (Å²) in [4.78, 5) is 11.6. The van der Waals surface area contributed by atoms with Crippen LogP contribution in [0.4, 0.5) is 11.9 Å². The van der Waals surface area contributed by atoms with Crippen LogP contribution in [0.5, 0.6) is 0 Å². The Kier molecular flexibility index (Phi) is 3.75. The topological polar surface area (TPSA) is 90.7 Å². The van der Waals surface area contributed by atoms with Gasteiger partial charge in [-0.2, -0.15) is 26.7 Å². The van der Waals surface area contributed by atoms with Crippen molar-refractivity contribution in [2.45, 2.75) is 13.3 Å². The highest BCUT2D eigenvalue weighted by Gasteiger charge is 2.00. The van der Waals surface area contributed by atoms with Gasteiger partial charge in [0.15, 0.2) is 0 Å². The number of hydrogen-bond donors (Lipinski definition) is 2. The molecule has 0 radical (unpaired) electrons. The summed E-state index contributed by atoms with van der Waals surface area (Å²) in [5, 5.41) is 0. The minimum absolute atomic E-state index is 0.198. The molecule has 13 heavy (non-hydrogen) atoms. The fraction of sp³-hybridized carbons (Fsp3) is 0.571. The van der Waals surface area contributed by atoms with Crippen molar-refractivity contribution in [1.82, 2.24) is 15.0 Å². The fourth-order valence-corrected chi connectivity index (χ4v) is 1.49. The van der Waals surface area contributed by atoms with Gasteiger partial charge < -0.3 is 11.5 Å². The van der Waals surface area contributed by atoms with E-state index in [2.05, 4.69) is 21.9 Å². The number of anilines is 2. The Labute approximate surface area is 81.4 Å². The molecule has 4 N–H and O–H groups in total. The summed E-state index contributed by atoms with van der Waals surface area (Å²) >= 11 is 1.83. The molecular weight excluding hydrogens is 186 g/mol. The van der Waals surface area contributed by atoms with Crippen LogP contribution in [0.15, 0.2) is 0 Å². The molecule has 5 nitrogen and oxygen atoms in total. The number of nitrogen functional groups attached to an aromatic ring is 2. The SMILES string of the molecule is CCSCCc1nc(N)nc(N)n1. The summed E-state index contributed by atoms with van der Waals surface area (Å²) in [6, 6.07) is 0. The third-order valence-corrected chi connectivity index (χ3v) is 2.29. The van der Waals surface area contributed by atoms with Gasteiger partial charge in [-0.1, -0.05) is 6.92 Å². The molecule has 0 saturated carbocycles. The monoisotopic (exact) mass is 199 g/mol. The van der Waals surface area contributed by atoms with E-state index < -0.39 is 0 Å². The average Bonchev–Trinajstić information content (AvgIpc) is 2.03. The van der Waals surface area contributed by atoms with Crippen molar-refractivity contribution in [3.63, 3.8) is 0 Å². The van der Waals surface area contributed by atoms with Gasteiger partial charge in [-0.15, -0.1) is 0 Å². The summed E-state index contributed by atoms with van der Waals surface area (Å²) in [6.07, 6.45) is 0.787. The van der Waals surface area contributed by atoms with Crippen molar-refractivity contribution in [2.75, 3.05) is 23.0 Å². The van der Waals surface area contributed by atoms with Crippen molar-refractivity contribution in [2.24, 2.45) is 0 Å². The molecule has 0 aliphatic heterocycles.